The molecule has 1 amide bonds. The van der Waals surface area contributed by atoms with E-state index in [1.807, 2.05) is 59.5 Å². The lowest BCUT2D eigenvalue weighted by molar-refractivity contribution is -0.117. The number of anilines is 2. The zero-order valence-electron chi connectivity index (χ0n) is 12.0. The second kappa shape index (κ2) is 5.87. The number of benzene rings is 2. The van der Waals surface area contributed by atoms with Crippen molar-refractivity contribution in [3.8, 4) is 5.75 Å². The smallest absolute Gasteiger partial charge is 0.249 e. The molecule has 1 aliphatic heterocycles. The topological polar surface area (TPSA) is 41.6 Å². The quantitative estimate of drug-likeness (QED) is 0.937. The van der Waals surface area contributed by atoms with Crippen LogP contribution in [0.5, 0.6) is 5.75 Å². The van der Waals surface area contributed by atoms with Crippen LogP contribution in [0.1, 0.15) is 6.42 Å². The lowest BCUT2D eigenvalue weighted by Gasteiger charge is -2.17. The van der Waals surface area contributed by atoms with Crippen LogP contribution in [-0.4, -0.2) is 25.6 Å². The van der Waals surface area contributed by atoms with Crippen LogP contribution in [0.15, 0.2) is 54.6 Å². The number of methoxy groups -OCH3 is 1. The molecule has 0 spiro atoms. The van der Waals surface area contributed by atoms with E-state index >= 15 is 0 Å². The van der Waals surface area contributed by atoms with Gasteiger partial charge in [-0.15, -0.1) is 0 Å². The SMILES string of the molecule is COc1ccc(NC2CCN(c3ccccc3)C2=O)cc1. The Kier molecular flexibility index (Phi) is 3.77. The molecule has 4 nitrogen and oxygen atoms in total. The molecule has 2 aromatic rings. The van der Waals surface area contributed by atoms with Gasteiger partial charge in [0.15, 0.2) is 0 Å². The number of hydrogen-bond donors (Lipinski definition) is 1. The van der Waals surface area contributed by atoms with Crippen LogP contribution in [0.3, 0.4) is 0 Å². The van der Waals surface area contributed by atoms with Gasteiger partial charge >= 0.3 is 0 Å². The Balaban J connectivity index is 1.69. The van der Waals surface area contributed by atoms with Crippen molar-refractivity contribution in [2.75, 3.05) is 23.9 Å². The van der Waals surface area contributed by atoms with Crippen molar-refractivity contribution in [1.82, 2.24) is 0 Å². The van der Waals surface area contributed by atoms with E-state index in [0.29, 0.717) is 0 Å². The molecule has 0 radical (unpaired) electrons. The standard InChI is InChI=1S/C17H18N2O2/c1-21-15-9-7-13(8-10-15)18-16-11-12-19(17(16)20)14-5-3-2-4-6-14/h2-10,16,18H,11-12H2,1H3. The van der Waals surface area contributed by atoms with Gasteiger partial charge < -0.3 is 15.0 Å². The van der Waals surface area contributed by atoms with Gasteiger partial charge in [-0.3, -0.25) is 4.79 Å². The maximum atomic E-state index is 12.5. The van der Waals surface area contributed by atoms with E-state index in [9.17, 15) is 4.79 Å². The first-order valence-electron chi connectivity index (χ1n) is 7.05. The number of hydrogen-bond acceptors (Lipinski definition) is 3. The summed E-state index contributed by atoms with van der Waals surface area (Å²) >= 11 is 0. The van der Waals surface area contributed by atoms with E-state index in [-0.39, 0.29) is 11.9 Å². The third-order valence-corrected chi connectivity index (χ3v) is 3.70. The van der Waals surface area contributed by atoms with Crippen LogP contribution < -0.4 is 15.0 Å². The molecule has 4 heteroatoms. The summed E-state index contributed by atoms with van der Waals surface area (Å²) in [6.07, 6.45) is 0.805. The summed E-state index contributed by atoms with van der Waals surface area (Å²) < 4.78 is 5.13. The van der Waals surface area contributed by atoms with Crippen molar-refractivity contribution in [3.05, 3.63) is 54.6 Å². The van der Waals surface area contributed by atoms with Crippen molar-refractivity contribution < 1.29 is 9.53 Å². The molecule has 0 aromatic heterocycles. The molecular weight excluding hydrogens is 264 g/mol. The monoisotopic (exact) mass is 282 g/mol. The molecular formula is C17H18N2O2. The lowest BCUT2D eigenvalue weighted by Crippen LogP contribution is -2.33. The summed E-state index contributed by atoms with van der Waals surface area (Å²) in [6, 6.07) is 17.2. The van der Waals surface area contributed by atoms with E-state index < -0.39 is 0 Å². The molecule has 1 heterocycles. The summed E-state index contributed by atoms with van der Waals surface area (Å²) in [5, 5.41) is 3.29. The largest absolute Gasteiger partial charge is 0.497 e. The highest BCUT2D eigenvalue weighted by atomic mass is 16.5. The molecule has 21 heavy (non-hydrogen) atoms. The Labute approximate surface area is 124 Å². The molecule has 0 aliphatic carbocycles. The second-order valence-corrected chi connectivity index (χ2v) is 5.04. The molecule has 1 unspecified atom stereocenters. The maximum absolute atomic E-state index is 12.5. The van der Waals surface area contributed by atoms with Gasteiger partial charge in [0, 0.05) is 17.9 Å². The van der Waals surface area contributed by atoms with E-state index in [1.54, 1.807) is 7.11 Å². The maximum Gasteiger partial charge on any atom is 0.249 e. The fourth-order valence-corrected chi connectivity index (χ4v) is 2.57. The Hall–Kier alpha value is -2.49. The molecule has 3 rings (SSSR count). The molecule has 0 bridgehead atoms. The van der Waals surface area contributed by atoms with Crippen LogP contribution in [-0.2, 0) is 4.79 Å². The van der Waals surface area contributed by atoms with Gasteiger partial charge in [0.1, 0.15) is 11.8 Å². The Morgan fingerprint density at radius 3 is 2.48 bits per heavy atom. The van der Waals surface area contributed by atoms with Gasteiger partial charge in [0.2, 0.25) is 5.91 Å². The van der Waals surface area contributed by atoms with Crippen LogP contribution in [0, 0.1) is 0 Å². The van der Waals surface area contributed by atoms with Gasteiger partial charge in [-0.1, -0.05) is 18.2 Å². The Morgan fingerprint density at radius 2 is 1.81 bits per heavy atom. The van der Waals surface area contributed by atoms with E-state index in [4.69, 9.17) is 4.74 Å². The third-order valence-electron chi connectivity index (χ3n) is 3.70. The fraction of sp³-hybridized carbons (Fsp3) is 0.235. The van der Waals surface area contributed by atoms with Gasteiger partial charge in [-0.25, -0.2) is 0 Å². The minimum Gasteiger partial charge on any atom is -0.497 e. The zero-order chi connectivity index (χ0) is 14.7. The fourth-order valence-electron chi connectivity index (χ4n) is 2.57. The van der Waals surface area contributed by atoms with Crippen molar-refractivity contribution >= 4 is 17.3 Å². The van der Waals surface area contributed by atoms with Crippen molar-refractivity contribution in [2.24, 2.45) is 0 Å². The van der Waals surface area contributed by atoms with Crippen LogP contribution >= 0.6 is 0 Å². The summed E-state index contributed by atoms with van der Waals surface area (Å²) in [4.78, 5) is 14.3. The molecule has 1 aliphatic rings. The van der Waals surface area contributed by atoms with E-state index in [2.05, 4.69) is 5.32 Å². The summed E-state index contributed by atoms with van der Waals surface area (Å²) in [5.74, 6) is 0.932. The van der Waals surface area contributed by atoms with Crippen LogP contribution in [0.25, 0.3) is 0 Å². The number of amides is 1. The van der Waals surface area contributed by atoms with Crippen LogP contribution in [0.2, 0.25) is 0 Å². The highest BCUT2D eigenvalue weighted by Gasteiger charge is 2.32. The molecule has 1 saturated heterocycles. The number of ether oxygens (including phenoxy) is 1. The lowest BCUT2D eigenvalue weighted by atomic mass is 10.2. The third kappa shape index (κ3) is 2.84. The van der Waals surface area contributed by atoms with Gasteiger partial charge in [0.25, 0.3) is 0 Å². The first kappa shape index (κ1) is 13.5. The number of para-hydroxylation sites is 1. The van der Waals surface area contributed by atoms with Crippen molar-refractivity contribution in [3.63, 3.8) is 0 Å². The molecule has 1 atom stereocenters. The van der Waals surface area contributed by atoms with Gasteiger partial charge in [0.05, 0.1) is 7.11 Å². The van der Waals surface area contributed by atoms with Gasteiger partial charge in [-0.05, 0) is 42.8 Å². The molecule has 2 aromatic carbocycles. The predicted octanol–water partition coefficient (Wildman–Crippen LogP) is 2.91. The summed E-state index contributed by atoms with van der Waals surface area (Å²) in [5.41, 5.74) is 1.89. The Morgan fingerprint density at radius 1 is 1.10 bits per heavy atom. The average Bonchev–Trinajstić information content (AvgIpc) is 2.90. The number of nitrogens with zero attached hydrogens (tertiary/aromatic N) is 1. The Bertz CT molecular complexity index is 610. The molecule has 108 valence electrons. The predicted molar refractivity (Wildman–Crippen MR) is 83.8 cm³/mol. The van der Waals surface area contributed by atoms with E-state index in [0.717, 1.165) is 30.1 Å². The summed E-state index contributed by atoms with van der Waals surface area (Å²) in [7, 11) is 1.64. The molecule has 1 N–H and O–H groups in total. The average molecular weight is 282 g/mol. The minimum atomic E-state index is -0.168. The van der Waals surface area contributed by atoms with Crippen molar-refractivity contribution in [1.29, 1.82) is 0 Å². The van der Waals surface area contributed by atoms with Crippen LogP contribution in [0.4, 0.5) is 11.4 Å². The number of nitrogens with one attached hydrogen (secondary N) is 1. The number of carbonyl (C=O) groups is 1. The highest BCUT2D eigenvalue weighted by molar-refractivity contribution is 6.00. The second-order valence-electron chi connectivity index (χ2n) is 5.04. The van der Waals surface area contributed by atoms with Crippen molar-refractivity contribution in [2.45, 2.75) is 12.5 Å². The minimum absolute atomic E-state index is 0.122. The molecule has 1 fully saturated rings. The van der Waals surface area contributed by atoms with E-state index in [1.165, 1.54) is 0 Å². The first-order valence-corrected chi connectivity index (χ1v) is 7.05. The summed E-state index contributed by atoms with van der Waals surface area (Å²) in [6.45, 7) is 0.747. The molecule has 0 saturated carbocycles. The zero-order valence-corrected chi connectivity index (χ0v) is 12.0. The number of rotatable bonds is 4. The normalized spacial score (nSPS) is 17.9. The highest BCUT2D eigenvalue weighted by Crippen LogP contribution is 2.24. The number of carbonyl (C=O) groups excluding carboxylic acids is 1. The van der Waals surface area contributed by atoms with Gasteiger partial charge in [-0.2, -0.15) is 0 Å². The first-order chi connectivity index (χ1) is 10.3.